The first-order valence-corrected chi connectivity index (χ1v) is 7.62. The number of aromatic nitrogens is 2. The van der Waals surface area contributed by atoms with Gasteiger partial charge >= 0.3 is 0 Å². The van der Waals surface area contributed by atoms with Crippen molar-refractivity contribution in [2.45, 2.75) is 46.5 Å². The van der Waals surface area contributed by atoms with E-state index >= 15 is 0 Å². The standard InChI is InChI=1S/C15H26N4/c1-4-12-8-7-9-19(10-12)15-13(5-2)14(16-6-3)17-11-18-15/h11-12H,4-10H2,1-3H3,(H,16,17,18). The van der Waals surface area contributed by atoms with Crippen molar-refractivity contribution >= 4 is 11.6 Å². The van der Waals surface area contributed by atoms with Crippen molar-refractivity contribution < 1.29 is 0 Å². The molecule has 106 valence electrons. The van der Waals surface area contributed by atoms with Crippen LogP contribution >= 0.6 is 0 Å². The first kappa shape index (κ1) is 14.1. The molecule has 1 fully saturated rings. The molecule has 1 saturated heterocycles. The lowest BCUT2D eigenvalue weighted by Gasteiger charge is -2.34. The molecule has 1 atom stereocenters. The van der Waals surface area contributed by atoms with Gasteiger partial charge in [0.15, 0.2) is 0 Å². The van der Waals surface area contributed by atoms with Gasteiger partial charge in [-0.05, 0) is 32.1 Å². The Balaban J connectivity index is 2.25. The Labute approximate surface area is 116 Å². The highest BCUT2D eigenvalue weighted by atomic mass is 15.2. The van der Waals surface area contributed by atoms with Crippen molar-refractivity contribution in [1.82, 2.24) is 9.97 Å². The maximum Gasteiger partial charge on any atom is 0.137 e. The van der Waals surface area contributed by atoms with E-state index in [1.165, 1.54) is 24.8 Å². The summed E-state index contributed by atoms with van der Waals surface area (Å²) in [6.07, 6.45) is 6.58. The molecule has 4 nitrogen and oxygen atoms in total. The second-order valence-electron chi connectivity index (χ2n) is 5.27. The number of hydrogen-bond acceptors (Lipinski definition) is 4. The molecule has 0 spiro atoms. The highest BCUT2D eigenvalue weighted by Gasteiger charge is 2.22. The Bertz CT molecular complexity index is 405. The zero-order chi connectivity index (χ0) is 13.7. The fourth-order valence-electron chi connectivity index (χ4n) is 2.91. The first-order chi connectivity index (χ1) is 9.30. The fourth-order valence-corrected chi connectivity index (χ4v) is 2.91. The van der Waals surface area contributed by atoms with Gasteiger partial charge in [-0.2, -0.15) is 0 Å². The van der Waals surface area contributed by atoms with Gasteiger partial charge < -0.3 is 10.2 Å². The molecule has 0 amide bonds. The lowest BCUT2D eigenvalue weighted by molar-refractivity contribution is 0.402. The van der Waals surface area contributed by atoms with Gasteiger partial charge in [0.05, 0.1) is 0 Å². The van der Waals surface area contributed by atoms with Gasteiger partial charge in [-0.15, -0.1) is 0 Å². The van der Waals surface area contributed by atoms with Crippen molar-refractivity contribution in [3.05, 3.63) is 11.9 Å². The topological polar surface area (TPSA) is 41.1 Å². The molecule has 19 heavy (non-hydrogen) atoms. The molecule has 1 N–H and O–H groups in total. The number of nitrogens with zero attached hydrogens (tertiary/aromatic N) is 3. The summed E-state index contributed by atoms with van der Waals surface area (Å²) in [5, 5.41) is 3.35. The zero-order valence-corrected chi connectivity index (χ0v) is 12.4. The third-order valence-electron chi connectivity index (χ3n) is 4.02. The van der Waals surface area contributed by atoms with Crippen LogP contribution < -0.4 is 10.2 Å². The minimum atomic E-state index is 0.816. The van der Waals surface area contributed by atoms with Gasteiger partial charge in [0.2, 0.25) is 0 Å². The smallest absolute Gasteiger partial charge is 0.137 e. The van der Waals surface area contributed by atoms with E-state index in [2.05, 4.69) is 41.0 Å². The van der Waals surface area contributed by atoms with Crippen LogP contribution in [-0.2, 0) is 6.42 Å². The Morgan fingerprint density at radius 3 is 2.84 bits per heavy atom. The summed E-state index contributed by atoms with van der Waals surface area (Å²) in [4.78, 5) is 11.4. The predicted octanol–water partition coefficient (Wildman–Crippen LogP) is 3.10. The molecule has 1 aromatic heterocycles. The SMILES string of the molecule is CCNc1ncnc(N2CCCC(CC)C2)c1CC. The summed E-state index contributed by atoms with van der Waals surface area (Å²) in [5.41, 5.74) is 1.26. The number of nitrogens with one attached hydrogen (secondary N) is 1. The van der Waals surface area contributed by atoms with E-state index in [0.717, 1.165) is 43.6 Å². The van der Waals surface area contributed by atoms with Crippen LogP contribution in [0.5, 0.6) is 0 Å². The normalized spacial score (nSPS) is 19.5. The molecule has 4 heteroatoms. The van der Waals surface area contributed by atoms with Crippen LogP contribution in [0.15, 0.2) is 6.33 Å². The average Bonchev–Trinajstić information content (AvgIpc) is 2.47. The van der Waals surface area contributed by atoms with Crippen molar-refractivity contribution in [3.8, 4) is 0 Å². The van der Waals surface area contributed by atoms with E-state index in [1.807, 2.05) is 0 Å². The molecule has 2 heterocycles. The summed E-state index contributed by atoms with van der Waals surface area (Å²) in [7, 11) is 0. The maximum atomic E-state index is 4.56. The number of anilines is 2. The van der Waals surface area contributed by atoms with Crippen LogP contribution in [0.3, 0.4) is 0 Å². The molecule has 1 aliphatic rings. The molecule has 1 aliphatic heterocycles. The zero-order valence-electron chi connectivity index (χ0n) is 12.4. The Morgan fingerprint density at radius 2 is 2.16 bits per heavy atom. The summed E-state index contributed by atoms with van der Waals surface area (Å²) in [5.74, 6) is 2.97. The van der Waals surface area contributed by atoms with Gasteiger partial charge in [-0.25, -0.2) is 9.97 Å². The second-order valence-corrected chi connectivity index (χ2v) is 5.27. The minimum absolute atomic E-state index is 0.816. The molecule has 2 rings (SSSR count). The highest BCUT2D eigenvalue weighted by Crippen LogP contribution is 2.28. The van der Waals surface area contributed by atoms with Crippen LogP contribution in [0, 0.1) is 5.92 Å². The fraction of sp³-hybridized carbons (Fsp3) is 0.733. The van der Waals surface area contributed by atoms with Gasteiger partial charge in [-0.1, -0.05) is 20.3 Å². The van der Waals surface area contributed by atoms with Gasteiger partial charge in [0.25, 0.3) is 0 Å². The van der Waals surface area contributed by atoms with Gasteiger partial charge in [0.1, 0.15) is 18.0 Å². The lowest BCUT2D eigenvalue weighted by atomic mass is 9.95. The van der Waals surface area contributed by atoms with Crippen LogP contribution in [0.4, 0.5) is 11.6 Å². The third kappa shape index (κ3) is 3.17. The largest absolute Gasteiger partial charge is 0.370 e. The van der Waals surface area contributed by atoms with E-state index in [0.29, 0.717) is 0 Å². The number of piperidine rings is 1. The number of rotatable bonds is 5. The minimum Gasteiger partial charge on any atom is -0.370 e. The van der Waals surface area contributed by atoms with E-state index in [1.54, 1.807) is 6.33 Å². The predicted molar refractivity (Wildman–Crippen MR) is 80.8 cm³/mol. The highest BCUT2D eigenvalue weighted by molar-refractivity contribution is 5.59. The lowest BCUT2D eigenvalue weighted by Crippen LogP contribution is -2.36. The Morgan fingerprint density at radius 1 is 1.32 bits per heavy atom. The summed E-state index contributed by atoms with van der Waals surface area (Å²) >= 11 is 0. The van der Waals surface area contributed by atoms with Crippen LogP contribution in [-0.4, -0.2) is 29.6 Å². The third-order valence-corrected chi connectivity index (χ3v) is 4.02. The molecular formula is C15H26N4. The van der Waals surface area contributed by atoms with Crippen molar-refractivity contribution in [1.29, 1.82) is 0 Å². The van der Waals surface area contributed by atoms with Crippen LogP contribution in [0.2, 0.25) is 0 Å². The molecule has 0 radical (unpaired) electrons. The van der Waals surface area contributed by atoms with Gasteiger partial charge in [0, 0.05) is 25.2 Å². The van der Waals surface area contributed by atoms with Crippen LogP contribution in [0.25, 0.3) is 0 Å². The van der Waals surface area contributed by atoms with Crippen molar-refractivity contribution in [2.75, 3.05) is 29.9 Å². The first-order valence-electron chi connectivity index (χ1n) is 7.62. The van der Waals surface area contributed by atoms with E-state index in [9.17, 15) is 0 Å². The molecule has 1 aromatic rings. The van der Waals surface area contributed by atoms with Crippen LogP contribution in [0.1, 0.15) is 45.6 Å². The summed E-state index contributed by atoms with van der Waals surface area (Å²) in [6, 6.07) is 0. The summed E-state index contributed by atoms with van der Waals surface area (Å²) < 4.78 is 0. The van der Waals surface area contributed by atoms with E-state index in [-0.39, 0.29) is 0 Å². The van der Waals surface area contributed by atoms with E-state index < -0.39 is 0 Å². The maximum absolute atomic E-state index is 4.56. The molecule has 0 aliphatic carbocycles. The Hall–Kier alpha value is -1.32. The molecular weight excluding hydrogens is 236 g/mol. The monoisotopic (exact) mass is 262 g/mol. The Kier molecular flexibility index (Phi) is 5.00. The summed E-state index contributed by atoms with van der Waals surface area (Å²) in [6.45, 7) is 9.76. The quantitative estimate of drug-likeness (QED) is 0.885. The van der Waals surface area contributed by atoms with Crippen molar-refractivity contribution in [2.24, 2.45) is 5.92 Å². The van der Waals surface area contributed by atoms with Gasteiger partial charge in [-0.3, -0.25) is 0 Å². The molecule has 0 saturated carbocycles. The molecule has 1 unspecified atom stereocenters. The van der Waals surface area contributed by atoms with E-state index in [4.69, 9.17) is 0 Å². The number of hydrogen-bond donors (Lipinski definition) is 1. The second kappa shape index (κ2) is 6.73. The van der Waals surface area contributed by atoms with Crippen molar-refractivity contribution in [3.63, 3.8) is 0 Å². The molecule has 0 bridgehead atoms. The molecule has 0 aromatic carbocycles. The average molecular weight is 262 g/mol.